The summed E-state index contributed by atoms with van der Waals surface area (Å²) in [5.41, 5.74) is 1.50. The number of benzene rings is 1. The molecule has 2 rings (SSSR count). The number of nitrogens with zero attached hydrogens (tertiary/aromatic N) is 3. The zero-order valence-electron chi connectivity index (χ0n) is 10.9. The molecule has 19 heavy (non-hydrogen) atoms. The Morgan fingerprint density at radius 3 is 2.68 bits per heavy atom. The van der Waals surface area contributed by atoms with Gasteiger partial charge in [-0.15, -0.1) is 5.10 Å². The van der Waals surface area contributed by atoms with Gasteiger partial charge < -0.3 is 5.32 Å². The van der Waals surface area contributed by atoms with Crippen LogP contribution in [0.1, 0.15) is 24.2 Å². The summed E-state index contributed by atoms with van der Waals surface area (Å²) >= 11 is 0. The van der Waals surface area contributed by atoms with Crippen molar-refractivity contribution in [3.63, 3.8) is 0 Å². The van der Waals surface area contributed by atoms with Crippen molar-refractivity contribution in [1.29, 1.82) is 0 Å². The Kier molecular flexibility index (Phi) is 4.21. The summed E-state index contributed by atoms with van der Waals surface area (Å²) in [6, 6.07) is 3.84. The molecule has 1 aromatic carbocycles. The van der Waals surface area contributed by atoms with Gasteiger partial charge in [0, 0.05) is 25.7 Å². The number of hydrogen-bond donors (Lipinski definition) is 1. The van der Waals surface area contributed by atoms with E-state index >= 15 is 0 Å². The van der Waals surface area contributed by atoms with Crippen LogP contribution in [0.4, 0.5) is 8.78 Å². The number of nitrogens with one attached hydrogen (secondary N) is 1. The van der Waals surface area contributed by atoms with Crippen LogP contribution < -0.4 is 5.32 Å². The van der Waals surface area contributed by atoms with Gasteiger partial charge in [0.25, 0.3) is 0 Å². The summed E-state index contributed by atoms with van der Waals surface area (Å²) in [6.07, 6.45) is 2.39. The minimum Gasteiger partial charge on any atom is -0.310 e. The topological polar surface area (TPSA) is 42.7 Å². The standard InChI is InChI=1S/C13H16F2N4/c1-3-16-13(7-10-8-19(2)18-17-10)9-4-5-11(14)12(15)6-9/h4-6,8,13,16H,3,7H2,1-2H3. The molecule has 1 atom stereocenters. The van der Waals surface area contributed by atoms with Crippen LogP contribution in [0.3, 0.4) is 0 Å². The van der Waals surface area contributed by atoms with E-state index in [4.69, 9.17) is 0 Å². The van der Waals surface area contributed by atoms with Crippen LogP contribution in [0.15, 0.2) is 24.4 Å². The van der Waals surface area contributed by atoms with Gasteiger partial charge in [-0.1, -0.05) is 18.2 Å². The van der Waals surface area contributed by atoms with Crippen molar-refractivity contribution < 1.29 is 8.78 Å². The zero-order chi connectivity index (χ0) is 13.8. The van der Waals surface area contributed by atoms with Gasteiger partial charge in [0.15, 0.2) is 11.6 Å². The van der Waals surface area contributed by atoms with Gasteiger partial charge in [0.05, 0.1) is 5.69 Å². The number of aromatic nitrogens is 3. The van der Waals surface area contributed by atoms with Crippen LogP contribution in [-0.4, -0.2) is 21.5 Å². The summed E-state index contributed by atoms with van der Waals surface area (Å²) in [5.74, 6) is -1.67. The number of hydrogen-bond acceptors (Lipinski definition) is 3. The number of rotatable bonds is 5. The molecule has 0 saturated heterocycles. The maximum absolute atomic E-state index is 13.3. The number of likely N-dealkylation sites (N-methyl/N-ethyl adjacent to an activating group) is 1. The lowest BCUT2D eigenvalue weighted by atomic mass is 10.0. The molecular formula is C13H16F2N4. The Morgan fingerprint density at radius 1 is 1.32 bits per heavy atom. The first-order valence-electron chi connectivity index (χ1n) is 6.13. The predicted octanol–water partition coefficient (Wildman–Crippen LogP) is 1.99. The van der Waals surface area contributed by atoms with Crippen LogP contribution in [0.5, 0.6) is 0 Å². The van der Waals surface area contributed by atoms with Crippen molar-refractivity contribution in [3.8, 4) is 0 Å². The molecule has 1 unspecified atom stereocenters. The number of aryl methyl sites for hydroxylation is 1. The van der Waals surface area contributed by atoms with Gasteiger partial charge in [-0.2, -0.15) is 0 Å². The Labute approximate surface area is 110 Å². The van der Waals surface area contributed by atoms with E-state index < -0.39 is 11.6 Å². The largest absolute Gasteiger partial charge is 0.310 e. The summed E-state index contributed by atoms with van der Waals surface area (Å²) in [5, 5.41) is 11.1. The molecule has 0 aliphatic heterocycles. The van der Waals surface area contributed by atoms with E-state index in [1.165, 1.54) is 6.07 Å². The van der Waals surface area contributed by atoms with Crippen molar-refractivity contribution in [3.05, 3.63) is 47.3 Å². The minimum absolute atomic E-state index is 0.114. The maximum atomic E-state index is 13.3. The van der Waals surface area contributed by atoms with Crippen LogP contribution in [-0.2, 0) is 13.5 Å². The fourth-order valence-corrected chi connectivity index (χ4v) is 1.98. The minimum atomic E-state index is -0.835. The molecule has 1 heterocycles. The first-order chi connectivity index (χ1) is 9.10. The first-order valence-corrected chi connectivity index (χ1v) is 6.13. The third-order valence-corrected chi connectivity index (χ3v) is 2.86. The lowest BCUT2D eigenvalue weighted by Gasteiger charge is -2.17. The Balaban J connectivity index is 2.21. The monoisotopic (exact) mass is 266 g/mol. The average Bonchev–Trinajstić information content (AvgIpc) is 2.78. The van der Waals surface area contributed by atoms with Crippen molar-refractivity contribution >= 4 is 0 Å². The normalized spacial score (nSPS) is 12.6. The third-order valence-electron chi connectivity index (χ3n) is 2.86. The van der Waals surface area contributed by atoms with Gasteiger partial charge in [-0.05, 0) is 24.2 Å². The molecule has 1 N–H and O–H groups in total. The second-order valence-corrected chi connectivity index (χ2v) is 4.37. The first kappa shape index (κ1) is 13.6. The lowest BCUT2D eigenvalue weighted by molar-refractivity contribution is 0.496. The molecule has 2 aromatic rings. The SMILES string of the molecule is CCNC(Cc1cn(C)nn1)c1ccc(F)c(F)c1. The quantitative estimate of drug-likeness (QED) is 0.900. The van der Waals surface area contributed by atoms with Gasteiger partial charge in [-0.25, -0.2) is 8.78 Å². The molecule has 0 radical (unpaired) electrons. The van der Waals surface area contributed by atoms with Crippen molar-refractivity contribution in [2.24, 2.45) is 7.05 Å². The van der Waals surface area contributed by atoms with E-state index in [0.717, 1.165) is 18.3 Å². The molecule has 1 aromatic heterocycles. The Hall–Kier alpha value is -1.82. The maximum Gasteiger partial charge on any atom is 0.159 e. The van der Waals surface area contributed by atoms with Crippen molar-refractivity contribution in [2.45, 2.75) is 19.4 Å². The molecule has 0 fully saturated rings. The molecule has 0 amide bonds. The summed E-state index contributed by atoms with van der Waals surface area (Å²) < 4.78 is 27.9. The van der Waals surface area contributed by atoms with Gasteiger partial charge in [0.1, 0.15) is 0 Å². The number of halogens is 2. The molecule has 4 nitrogen and oxygen atoms in total. The van der Waals surface area contributed by atoms with Crippen LogP contribution in [0.25, 0.3) is 0 Å². The van der Waals surface area contributed by atoms with E-state index in [-0.39, 0.29) is 6.04 Å². The summed E-state index contributed by atoms with van der Waals surface area (Å²) in [6.45, 7) is 2.69. The van der Waals surface area contributed by atoms with Crippen LogP contribution >= 0.6 is 0 Å². The highest BCUT2D eigenvalue weighted by molar-refractivity contribution is 5.22. The fraction of sp³-hybridized carbons (Fsp3) is 0.385. The lowest BCUT2D eigenvalue weighted by Crippen LogP contribution is -2.23. The fourth-order valence-electron chi connectivity index (χ4n) is 1.98. The zero-order valence-corrected chi connectivity index (χ0v) is 10.9. The molecule has 0 bridgehead atoms. The second-order valence-electron chi connectivity index (χ2n) is 4.37. The van der Waals surface area contributed by atoms with E-state index in [0.29, 0.717) is 12.0 Å². The molecule has 0 aliphatic rings. The summed E-state index contributed by atoms with van der Waals surface area (Å²) in [7, 11) is 1.79. The highest BCUT2D eigenvalue weighted by Gasteiger charge is 2.15. The molecule has 0 saturated carbocycles. The molecular weight excluding hydrogens is 250 g/mol. The smallest absolute Gasteiger partial charge is 0.159 e. The Bertz CT molecular complexity index is 553. The van der Waals surface area contributed by atoms with Gasteiger partial charge in [0.2, 0.25) is 0 Å². The molecule has 6 heteroatoms. The Morgan fingerprint density at radius 2 is 2.11 bits per heavy atom. The van der Waals surface area contributed by atoms with Crippen LogP contribution in [0, 0.1) is 11.6 Å². The summed E-state index contributed by atoms with van der Waals surface area (Å²) in [4.78, 5) is 0. The highest BCUT2D eigenvalue weighted by atomic mass is 19.2. The predicted molar refractivity (Wildman–Crippen MR) is 67.5 cm³/mol. The van der Waals surface area contributed by atoms with E-state index in [1.807, 2.05) is 13.1 Å². The van der Waals surface area contributed by atoms with E-state index in [9.17, 15) is 8.78 Å². The average molecular weight is 266 g/mol. The molecule has 0 aliphatic carbocycles. The van der Waals surface area contributed by atoms with Crippen LogP contribution in [0.2, 0.25) is 0 Å². The van der Waals surface area contributed by atoms with E-state index in [1.54, 1.807) is 17.8 Å². The highest BCUT2D eigenvalue weighted by Crippen LogP contribution is 2.19. The second kappa shape index (κ2) is 5.88. The molecule has 0 spiro atoms. The third kappa shape index (κ3) is 3.35. The van der Waals surface area contributed by atoms with Crippen molar-refractivity contribution in [1.82, 2.24) is 20.3 Å². The van der Waals surface area contributed by atoms with Crippen molar-refractivity contribution in [2.75, 3.05) is 6.54 Å². The van der Waals surface area contributed by atoms with Gasteiger partial charge in [-0.3, -0.25) is 4.68 Å². The van der Waals surface area contributed by atoms with Gasteiger partial charge >= 0.3 is 0 Å². The van der Waals surface area contributed by atoms with E-state index in [2.05, 4.69) is 15.6 Å². The molecule has 102 valence electrons.